The lowest BCUT2D eigenvalue weighted by atomic mass is 9.80. The van der Waals surface area contributed by atoms with E-state index in [1.54, 1.807) is 0 Å². The molecule has 0 radical (unpaired) electrons. The minimum Gasteiger partial charge on any atom is -0.352 e. The van der Waals surface area contributed by atoms with E-state index >= 15 is 0 Å². The van der Waals surface area contributed by atoms with Gasteiger partial charge in [0.2, 0.25) is 5.91 Å². The van der Waals surface area contributed by atoms with Crippen molar-refractivity contribution in [2.45, 2.75) is 51.6 Å². The fourth-order valence-corrected chi connectivity index (χ4v) is 2.41. The van der Waals surface area contributed by atoms with E-state index in [0.717, 1.165) is 24.8 Å². The van der Waals surface area contributed by atoms with Gasteiger partial charge in [-0.2, -0.15) is 0 Å². The molecule has 1 aliphatic rings. The molecule has 0 saturated heterocycles. The third-order valence-electron chi connectivity index (χ3n) is 4.17. The molecule has 3 nitrogen and oxygen atoms in total. The summed E-state index contributed by atoms with van der Waals surface area (Å²) in [6.07, 6.45) is 2.82. The molecule has 0 aromatic heterocycles. The van der Waals surface area contributed by atoms with E-state index in [-0.39, 0.29) is 17.9 Å². The van der Waals surface area contributed by atoms with Gasteiger partial charge in [0.15, 0.2) is 0 Å². The van der Waals surface area contributed by atoms with E-state index in [0.29, 0.717) is 12.5 Å². The van der Waals surface area contributed by atoms with E-state index in [4.69, 9.17) is 5.73 Å². The quantitative estimate of drug-likeness (QED) is 0.855. The average Bonchev–Trinajstić information content (AvgIpc) is 2.41. The molecule has 1 amide bonds. The SMILES string of the molecule is CCC(C)c1ccc(CNC(=O)C2CC(N)C2)cc1. The lowest BCUT2D eigenvalue weighted by Gasteiger charge is -2.31. The molecule has 0 spiro atoms. The number of nitrogens with two attached hydrogens (primary N) is 1. The van der Waals surface area contributed by atoms with Crippen LogP contribution in [0.1, 0.15) is 50.2 Å². The van der Waals surface area contributed by atoms with Gasteiger partial charge in [0.05, 0.1) is 0 Å². The molecule has 1 unspecified atom stereocenters. The number of hydrogen-bond donors (Lipinski definition) is 2. The molecule has 3 heteroatoms. The molecule has 1 atom stereocenters. The highest BCUT2D eigenvalue weighted by molar-refractivity contribution is 5.79. The van der Waals surface area contributed by atoms with Gasteiger partial charge >= 0.3 is 0 Å². The van der Waals surface area contributed by atoms with Gasteiger partial charge in [0.1, 0.15) is 0 Å². The molecule has 0 bridgehead atoms. The van der Waals surface area contributed by atoms with Gasteiger partial charge in [-0.15, -0.1) is 0 Å². The normalized spacial score (nSPS) is 23.5. The Hall–Kier alpha value is -1.35. The third-order valence-corrected chi connectivity index (χ3v) is 4.17. The average molecular weight is 260 g/mol. The number of carbonyl (C=O) groups is 1. The van der Waals surface area contributed by atoms with Crippen LogP contribution in [0.15, 0.2) is 24.3 Å². The zero-order valence-corrected chi connectivity index (χ0v) is 11.9. The van der Waals surface area contributed by atoms with Crippen molar-refractivity contribution in [3.05, 3.63) is 35.4 Å². The highest BCUT2D eigenvalue weighted by Crippen LogP contribution is 2.25. The van der Waals surface area contributed by atoms with Crippen LogP contribution in [-0.2, 0) is 11.3 Å². The second kappa shape index (κ2) is 6.20. The Labute approximate surface area is 115 Å². The van der Waals surface area contributed by atoms with Crippen LogP contribution in [0.5, 0.6) is 0 Å². The predicted molar refractivity (Wildman–Crippen MR) is 77.7 cm³/mol. The second-order valence-electron chi connectivity index (χ2n) is 5.70. The first kappa shape index (κ1) is 14.1. The van der Waals surface area contributed by atoms with Gasteiger partial charge in [-0.05, 0) is 36.3 Å². The summed E-state index contributed by atoms with van der Waals surface area (Å²) in [6.45, 7) is 5.05. The maximum Gasteiger partial charge on any atom is 0.223 e. The third kappa shape index (κ3) is 3.57. The summed E-state index contributed by atoms with van der Waals surface area (Å²) in [6, 6.07) is 8.76. The molecule has 1 aromatic rings. The highest BCUT2D eigenvalue weighted by Gasteiger charge is 2.31. The first-order chi connectivity index (χ1) is 9.10. The Kier molecular flexibility index (Phi) is 4.59. The fraction of sp³-hybridized carbons (Fsp3) is 0.562. The molecule has 1 aromatic carbocycles. The van der Waals surface area contributed by atoms with Gasteiger partial charge in [-0.25, -0.2) is 0 Å². The molecule has 2 rings (SSSR count). The zero-order valence-electron chi connectivity index (χ0n) is 11.9. The lowest BCUT2D eigenvalue weighted by Crippen LogP contribution is -2.44. The maximum atomic E-state index is 11.8. The summed E-state index contributed by atoms with van der Waals surface area (Å²) < 4.78 is 0. The predicted octanol–water partition coefficient (Wildman–Crippen LogP) is 2.55. The summed E-state index contributed by atoms with van der Waals surface area (Å²) >= 11 is 0. The summed E-state index contributed by atoms with van der Waals surface area (Å²) in [4.78, 5) is 11.8. The number of amides is 1. The van der Waals surface area contributed by atoms with Crippen molar-refractivity contribution in [3.63, 3.8) is 0 Å². The van der Waals surface area contributed by atoms with E-state index < -0.39 is 0 Å². The molecule has 104 valence electrons. The number of hydrogen-bond acceptors (Lipinski definition) is 2. The van der Waals surface area contributed by atoms with Crippen molar-refractivity contribution in [3.8, 4) is 0 Å². The van der Waals surface area contributed by atoms with Crippen molar-refractivity contribution < 1.29 is 4.79 Å². The molecular weight excluding hydrogens is 236 g/mol. The van der Waals surface area contributed by atoms with Crippen LogP contribution in [0.25, 0.3) is 0 Å². The van der Waals surface area contributed by atoms with Gasteiger partial charge in [-0.1, -0.05) is 38.1 Å². The molecule has 19 heavy (non-hydrogen) atoms. The molecule has 3 N–H and O–H groups in total. The second-order valence-corrected chi connectivity index (χ2v) is 5.70. The van der Waals surface area contributed by atoms with Crippen molar-refractivity contribution in [2.24, 2.45) is 11.7 Å². The molecular formula is C16H24N2O. The maximum absolute atomic E-state index is 11.8. The van der Waals surface area contributed by atoms with E-state index in [1.165, 1.54) is 5.56 Å². The Balaban J connectivity index is 1.81. The lowest BCUT2D eigenvalue weighted by molar-refractivity contribution is -0.128. The van der Waals surface area contributed by atoms with Gasteiger partial charge in [0, 0.05) is 18.5 Å². The Morgan fingerprint density at radius 3 is 2.53 bits per heavy atom. The van der Waals surface area contributed by atoms with Crippen molar-refractivity contribution in [1.82, 2.24) is 5.32 Å². The number of carbonyl (C=O) groups excluding carboxylic acids is 1. The van der Waals surface area contributed by atoms with Crippen LogP contribution in [0.2, 0.25) is 0 Å². The van der Waals surface area contributed by atoms with Gasteiger partial charge in [-0.3, -0.25) is 4.79 Å². The summed E-state index contributed by atoms with van der Waals surface area (Å²) in [5.41, 5.74) is 8.21. The van der Waals surface area contributed by atoms with Gasteiger partial charge in [0.25, 0.3) is 0 Å². The number of nitrogens with one attached hydrogen (secondary N) is 1. The zero-order chi connectivity index (χ0) is 13.8. The summed E-state index contributed by atoms with van der Waals surface area (Å²) in [5.74, 6) is 0.877. The summed E-state index contributed by atoms with van der Waals surface area (Å²) in [7, 11) is 0. The van der Waals surface area contributed by atoms with E-state index in [1.807, 2.05) is 0 Å². The van der Waals surface area contributed by atoms with E-state index in [2.05, 4.69) is 43.4 Å². The Bertz CT molecular complexity index is 421. The molecule has 1 saturated carbocycles. The van der Waals surface area contributed by atoms with Crippen LogP contribution < -0.4 is 11.1 Å². The molecule has 1 aliphatic carbocycles. The first-order valence-electron chi connectivity index (χ1n) is 7.22. The summed E-state index contributed by atoms with van der Waals surface area (Å²) in [5, 5.41) is 2.99. The van der Waals surface area contributed by atoms with Crippen LogP contribution in [0, 0.1) is 5.92 Å². The fourth-order valence-electron chi connectivity index (χ4n) is 2.41. The standard InChI is InChI=1S/C16H24N2O/c1-3-11(2)13-6-4-12(5-7-13)10-18-16(19)14-8-15(17)9-14/h4-7,11,14-15H,3,8-10,17H2,1-2H3,(H,18,19). The number of benzene rings is 1. The molecule has 1 fully saturated rings. The minimum absolute atomic E-state index is 0.134. The molecule has 0 heterocycles. The van der Waals surface area contributed by atoms with Gasteiger partial charge < -0.3 is 11.1 Å². The Morgan fingerprint density at radius 2 is 2.00 bits per heavy atom. The molecule has 0 aliphatic heterocycles. The highest BCUT2D eigenvalue weighted by atomic mass is 16.1. The Morgan fingerprint density at radius 1 is 1.37 bits per heavy atom. The van der Waals surface area contributed by atoms with Crippen LogP contribution in [0.4, 0.5) is 0 Å². The van der Waals surface area contributed by atoms with E-state index in [9.17, 15) is 4.79 Å². The van der Waals surface area contributed by atoms with Crippen LogP contribution in [-0.4, -0.2) is 11.9 Å². The minimum atomic E-state index is 0.134. The monoisotopic (exact) mass is 260 g/mol. The first-order valence-corrected chi connectivity index (χ1v) is 7.22. The number of rotatable bonds is 5. The largest absolute Gasteiger partial charge is 0.352 e. The topological polar surface area (TPSA) is 55.1 Å². The smallest absolute Gasteiger partial charge is 0.223 e. The van der Waals surface area contributed by atoms with Crippen LogP contribution >= 0.6 is 0 Å². The van der Waals surface area contributed by atoms with Crippen molar-refractivity contribution in [1.29, 1.82) is 0 Å². The van der Waals surface area contributed by atoms with Crippen LogP contribution in [0.3, 0.4) is 0 Å². The van der Waals surface area contributed by atoms with Crippen molar-refractivity contribution in [2.75, 3.05) is 0 Å². The van der Waals surface area contributed by atoms with Crippen molar-refractivity contribution >= 4 is 5.91 Å².